The van der Waals surface area contributed by atoms with Gasteiger partial charge in [-0.05, 0) is 31.4 Å². The highest BCUT2D eigenvalue weighted by molar-refractivity contribution is 5.86. The number of benzene rings is 1. The van der Waals surface area contributed by atoms with E-state index in [4.69, 9.17) is 5.73 Å². The van der Waals surface area contributed by atoms with E-state index in [-0.39, 0.29) is 11.8 Å². The molecule has 0 saturated carbocycles. The minimum atomic E-state index is -0.484. The van der Waals surface area contributed by atoms with Crippen molar-refractivity contribution in [2.45, 2.75) is 38.8 Å². The topological polar surface area (TPSA) is 84.2 Å². The molecule has 0 heterocycles. The van der Waals surface area contributed by atoms with Crippen molar-refractivity contribution in [1.29, 1.82) is 0 Å². The van der Waals surface area contributed by atoms with Gasteiger partial charge in [-0.15, -0.1) is 0 Å². The Kier molecular flexibility index (Phi) is 7.35. The first kappa shape index (κ1) is 16.2. The van der Waals surface area contributed by atoms with Gasteiger partial charge in [-0.2, -0.15) is 0 Å². The Balaban J connectivity index is 2.47. The quantitative estimate of drug-likeness (QED) is 0.618. The Morgan fingerprint density at radius 2 is 1.90 bits per heavy atom. The van der Waals surface area contributed by atoms with Gasteiger partial charge >= 0.3 is 0 Å². The highest BCUT2D eigenvalue weighted by atomic mass is 16.2. The largest absolute Gasteiger partial charge is 0.350 e. The van der Waals surface area contributed by atoms with Crippen LogP contribution in [0, 0.1) is 0 Å². The van der Waals surface area contributed by atoms with Crippen LogP contribution in [0.15, 0.2) is 30.3 Å². The third-order valence-corrected chi connectivity index (χ3v) is 2.95. The molecule has 5 heteroatoms. The first-order valence-corrected chi connectivity index (χ1v) is 6.92. The summed E-state index contributed by atoms with van der Waals surface area (Å²) in [6.45, 7) is 2.48. The lowest BCUT2D eigenvalue weighted by Gasteiger charge is -2.17. The first-order valence-electron chi connectivity index (χ1n) is 6.92. The number of carbonyl (C=O) groups is 2. The van der Waals surface area contributed by atoms with Crippen molar-refractivity contribution < 1.29 is 9.59 Å². The molecule has 20 heavy (non-hydrogen) atoms. The summed E-state index contributed by atoms with van der Waals surface area (Å²) < 4.78 is 0. The number of nitrogens with one attached hydrogen (secondary N) is 2. The Hall–Kier alpha value is -1.88. The lowest BCUT2D eigenvalue weighted by Crippen LogP contribution is -2.45. The van der Waals surface area contributed by atoms with Crippen LogP contribution in [-0.4, -0.2) is 24.4 Å². The predicted molar refractivity (Wildman–Crippen MR) is 78.8 cm³/mol. The molecule has 0 aromatic heterocycles. The smallest absolute Gasteiger partial charge is 0.242 e. The van der Waals surface area contributed by atoms with Crippen LogP contribution in [0.2, 0.25) is 0 Å². The maximum atomic E-state index is 12.1. The highest BCUT2D eigenvalue weighted by Crippen LogP contribution is 2.02. The molecular formula is C15H23N3O2. The van der Waals surface area contributed by atoms with E-state index in [0.717, 1.165) is 18.4 Å². The van der Waals surface area contributed by atoms with E-state index in [1.165, 1.54) is 6.92 Å². The Bertz CT molecular complexity index is 420. The number of unbranched alkanes of at least 4 members (excludes halogenated alkanes) is 1. The lowest BCUT2D eigenvalue weighted by molar-refractivity contribution is -0.128. The van der Waals surface area contributed by atoms with Gasteiger partial charge in [0.1, 0.15) is 6.04 Å². The van der Waals surface area contributed by atoms with Gasteiger partial charge in [0.15, 0.2) is 0 Å². The van der Waals surface area contributed by atoms with Crippen molar-refractivity contribution in [3.8, 4) is 0 Å². The minimum Gasteiger partial charge on any atom is -0.350 e. The van der Waals surface area contributed by atoms with Gasteiger partial charge in [-0.1, -0.05) is 30.3 Å². The molecule has 110 valence electrons. The fourth-order valence-corrected chi connectivity index (χ4v) is 1.92. The summed E-state index contributed by atoms with van der Waals surface area (Å²) in [6.07, 6.45) is 2.28. The second kappa shape index (κ2) is 9.09. The van der Waals surface area contributed by atoms with Crippen molar-refractivity contribution in [2.24, 2.45) is 5.73 Å². The second-order valence-electron chi connectivity index (χ2n) is 4.74. The van der Waals surface area contributed by atoms with E-state index in [0.29, 0.717) is 19.5 Å². The molecule has 0 fully saturated rings. The van der Waals surface area contributed by atoms with Crippen LogP contribution < -0.4 is 16.4 Å². The van der Waals surface area contributed by atoms with E-state index in [9.17, 15) is 9.59 Å². The van der Waals surface area contributed by atoms with Crippen molar-refractivity contribution in [1.82, 2.24) is 10.6 Å². The van der Waals surface area contributed by atoms with E-state index >= 15 is 0 Å². The zero-order chi connectivity index (χ0) is 14.8. The van der Waals surface area contributed by atoms with Crippen LogP contribution >= 0.6 is 0 Å². The van der Waals surface area contributed by atoms with Crippen LogP contribution in [0.5, 0.6) is 0 Å². The average Bonchev–Trinajstić information content (AvgIpc) is 2.44. The fourth-order valence-electron chi connectivity index (χ4n) is 1.92. The van der Waals surface area contributed by atoms with E-state index in [2.05, 4.69) is 10.6 Å². The summed E-state index contributed by atoms with van der Waals surface area (Å²) in [4.78, 5) is 23.2. The summed E-state index contributed by atoms with van der Waals surface area (Å²) in [5.41, 5.74) is 6.47. The van der Waals surface area contributed by atoms with E-state index < -0.39 is 6.04 Å². The van der Waals surface area contributed by atoms with E-state index in [1.807, 2.05) is 30.3 Å². The van der Waals surface area contributed by atoms with Gasteiger partial charge < -0.3 is 16.4 Å². The summed E-state index contributed by atoms with van der Waals surface area (Å²) in [6, 6.07) is 9.19. The molecule has 4 N–H and O–H groups in total. The van der Waals surface area contributed by atoms with Gasteiger partial charge in [-0.25, -0.2) is 0 Å². The summed E-state index contributed by atoms with van der Waals surface area (Å²) in [5.74, 6) is -0.348. The summed E-state index contributed by atoms with van der Waals surface area (Å²) in [5, 5.41) is 5.53. The van der Waals surface area contributed by atoms with Gasteiger partial charge in [0.25, 0.3) is 0 Å². The van der Waals surface area contributed by atoms with Gasteiger partial charge in [0.2, 0.25) is 11.8 Å². The van der Waals surface area contributed by atoms with Gasteiger partial charge in [0, 0.05) is 13.5 Å². The highest BCUT2D eigenvalue weighted by Gasteiger charge is 2.18. The zero-order valence-corrected chi connectivity index (χ0v) is 11.9. The van der Waals surface area contributed by atoms with E-state index in [1.54, 1.807) is 0 Å². The number of rotatable bonds is 8. The molecule has 0 aliphatic rings. The number of hydrogen-bond acceptors (Lipinski definition) is 3. The van der Waals surface area contributed by atoms with Gasteiger partial charge in [-0.3, -0.25) is 9.59 Å². The SMILES string of the molecule is CC(=O)N[C@@H](CCCCN)C(=O)NCc1ccccc1. The summed E-state index contributed by atoms with van der Waals surface area (Å²) >= 11 is 0. The molecule has 0 spiro atoms. The fraction of sp³-hybridized carbons (Fsp3) is 0.467. The standard InChI is InChI=1S/C15H23N3O2/c1-12(19)18-14(9-5-6-10-16)15(20)17-11-13-7-3-2-4-8-13/h2-4,7-8,14H,5-6,9-11,16H2,1H3,(H,17,20)(H,18,19)/t14-/m0/s1. The monoisotopic (exact) mass is 277 g/mol. The number of hydrogen-bond donors (Lipinski definition) is 3. The second-order valence-corrected chi connectivity index (χ2v) is 4.74. The van der Waals surface area contributed by atoms with Crippen molar-refractivity contribution in [3.63, 3.8) is 0 Å². The van der Waals surface area contributed by atoms with Crippen LogP contribution in [0.3, 0.4) is 0 Å². The molecule has 1 atom stereocenters. The minimum absolute atomic E-state index is 0.152. The zero-order valence-electron chi connectivity index (χ0n) is 11.9. The normalized spacial score (nSPS) is 11.7. The van der Waals surface area contributed by atoms with Crippen LogP contribution in [0.25, 0.3) is 0 Å². The van der Waals surface area contributed by atoms with Crippen molar-refractivity contribution in [2.75, 3.05) is 6.54 Å². The molecule has 2 amide bonds. The third-order valence-electron chi connectivity index (χ3n) is 2.95. The average molecular weight is 277 g/mol. The molecule has 0 bridgehead atoms. The molecular weight excluding hydrogens is 254 g/mol. The predicted octanol–water partition coefficient (Wildman–Crippen LogP) is 0.937. The van der Waals surface area contributed by atoms with Crippen LogP contribution in [-0.2, 0) is 16.1 Å². The van der Waals surface area contributed by atoms with Crippen molar-refractivity contribution in [3.05, 3.63) is 35.9 Å². The molecule has 0 saturated heterocycles. The van der Waals surface area contributed by atoms with Crippen LogP contribution in [0.4, 0.5) is 0 Å². The number of amides is 2. The molecule has 1 aromatic carbocycles. The number of carbonyl (C=O) groups excluding carboxylic acids is 2. The third kappa shape index (κ3) is 6.33. The molecule has 0 unspecified atom stereocenters. The Morgan fingerprint density at radius 1 is 1.20 bits per heavy atom. The van der Waals surface area contributed by atoms with Crippen LogP contribution in [0.1, 0.15) is 31.7 Å². The maximum absolute atomic E-state index is 12.1. The molecule has 1 rings (SSSR count). The Morgan fingerprint density at radius 3 is 2.50 bits per heavy atom. The molecule has 1 aromatic rings. The molecule has 0 aliphatic carbocycles. The lowest BCUT2D eigenvalue weighted by atomic mass is 10.1. The molecule has 0 radical (unpaired) electrons. The number of nitrogens with two attached hydrogens (primary N) is 1. The van der Waals surface area contributed by atoms with Crippen molar-refractivity contribution >= 4 is 11.8 Å². The Labute approximate surface area is 119 Å². The molecule has 0 aliphatic heterocycles. The first-order chi connectivity index (χ1) is 9.63. The van der Waals surface area contributed by atoms with Gasteiger partial charge in [0.05, 0.1) is 0 Å². The molecule has 5 nitrogen and oxygen atoms in total. The maximum Gasteiger partial charge on any atom is 0.242 e. The summed E-state index contributed by atoms with van der Waals surface area (Å²) in [7, 11) is 0.